The number of amides is 3. The van der Waals surface area contributed by atoms with Gasteiger partial charge in [-0.05, 0) is 13.0 Å². The SMILES string of the molecule is CC(C)NCCCC(=O)N1CC(=O)NC(=O)C1. The van der Waals surface area contributed by atoms with E-state index in [-0.39, 0.29) is 19.0 Å². The average molecular weight is 241 g/mol. The van der Waals surface area contributed by atoms with Crippen LogP contribution in [-0.4, -0.2) is 48.3 Å². The summed E-state index contributed by atoms with van der Waals surface area (Å²) in [6.07, 6.45) is 1.07. The highest BCUT2D eigenvalue weighted by atomic mass is 16.2. The third-order valence-electron chi connectivity index (χ3n) is 2.42. The van der Waals surface area contributed by atoms with Crippen LogP contribution in [0.5, 0.6) is 0 Å². The Bertz CT molecular complexity index is 299. The molecule has 3 amide bonds. The second-order valence-corrected chi connectivity index (χ2v) is 4.43. The molecule has 6 nitrogen and oxygen atoms in total. The molecule has 0 bridgehead atoms. The molecule has 0 unspecified atom stereocenters. The third-order valence-corrected chi connectivity index (χ3v) is 2.42. The predicted octanol–water partition coefficient (Wildman–Crippen LogP) is -0.750. The van der Waals surface area contributed by atoms with Crippen LogP contribution in [-0.2, 0) is 14.4 Å². The van der Waals surface area contributed by atoms with E-state index in [0.29, 0.717) is 18.9 Å². The van der Waals surface area contributed by atoms with Crippen molar-refractivity contribution in [2.75, 3.05) is 19.6 Å². The van der Waals surface area contributed by atoms with Crippen molar-refractivity contribution in [3.8, 4) is 0 Å². The lowest BCUT2D eigenvalue weighted by atomic mass is 10.2. The van der Waals surface area contributed by atoms with E-state index in [1.54, 1.807) is 0 Å². The second-order valence-electron chi connectivity index (χ2n) is 4.43. The van der Waals surface area contributed by atoms with Crippen molar-refractivity contribution >= 4 is 17.7 Å². The average Bonchev–Trinajstić information content (AvgIpc) is 2.22. The molecule has 96 valence electrons. The van der Waals surface area contributed by atoms with Crippen LogP contribution in [0.3, 0.4) is 0 Å². The Morgan fingerprint density at radius 2 is 1.94 bits per heavy atom. The highest BCUT2D eigenvalue weighted by molar-refractivity contribution is 6.02. The maximum atomic E-state index is 11.7. The Labute approximate surface area is 101 Å². The first-order chi connectivity index (χ1) is 7.99. The van der Waals surface area contributed by atoms with E-state index in [9.17, 15) is 14.4 Å². The number of carbonyl (C=O) groups excluding carboxylic acids is 3. The Hall–Kier alpha value is -1.43. The fourth-order valence-electron chi connectivity index (χ4n) is 1.60. The van der Waals surface area contributed by atoms with Crippen molar-refractivity contribution in [3.63, 3.8) is 0 Å². The van der Waals surface area contributed by atoms with Gasteiger partial charge >= 0.3 is 0 Å². The lowest BCUT2D eigenvalue weighted by molar-refractivity contribution is -0.145. The van der Waals surface area contributed by atoms with E-state index < -0.39 is 11.8 Å². The van der Waals surface area contributed by atoms with Gasteiger partial charge in [-0.2, -0.15) is 0 Å². The van der Waals surface area contributed by atoms with Crippen LogP contribution >= 0.6 is 0 Å². The zero-order valence-corrected chi connectivity index (χ0v) is 10.3. The summed E-state index contributed by atoms with van der Waals surface area (Å²) < 4.78 is 0. The summed E-state index contributed by atoms with van der Waals surface area (Å²) in [6.45, 7) is 4.81. The highest BCUT2D eigenvalue weighted by Crippen LogP contribution is 2.01. The van der Waals surface area contributed by atoms with E-state index >= 15 is 0 Å². The minimum absolute atomic E-state index is 0.0117. The van der Waals surface area contributed by atoms with Gasteiger partial charge in [-0.25, -0.2) is 0 Å². The number of nitrogens with one attached hydrogen (secondary N) is 2. The van der Waals surface area contributed by atoms with Gasteiger partial charge < -0.3 is 10.2 Å². The summed E-state index contributed by atoms with van der Waals surface area (Å²) in [4.78, 5) is 35.1. The Balaban J connectivity index is 2.27. The van der Waals surface area contributed by atoms with Crippen LogP contribution in [0.25, 0.3) is 0 Å². The second kappa shape index (κ2) is 6.34. The lowest BCUT2D eigenvalue weighted by Crippen LogP contribution is -2.53. The molecule has 1 aliphatic heterocycles. The van der Waals surface area contributed by atoms with E-state index in [0.717, 1.165) is 6.54 Å². The van der Waals surface area contributed by atoms with Gasteiger partial charge in [0.2, 0.25) is 17.7 Å². The van der Waals surface area contributed by atoms with Gasteiger partial charge in [0.05, 0.1) is 0 Å². The summed E-state index contributed by atoms with van der Waals surface area (Å²) in [7, 11) is 0. The standard InChI is InChI=1S/C11H19N3O3/c1-8(2)12-5-3-4-11(17)14-6-9(15)13-10(16)7-14/h8,12H,3-7H2,1-2H3,(H,13,15,16). The van der Waals surface area contributed by atoms with Crippen molar-refractivity contribution in [1.82, 2.24) is 15.5 Å². The van der Waals surface area contributed by atoms with E-state index in [2.05, 4.69) is 10.6 Å². The van der Waals surface area contributed by atoms with Crippen molar-refractivity contribution in [1.29, 1.82) is 0 Å². The minimum Gasteiger partial charge on any atom is -0.324 e. The molecule has 0 radical (unpaired) electrons. The molecule has 2 N–H and O–H groups in total. The van der Waals surface area contributed by atoms with Crippen molar-refractivity contribution < 1.29 is 14.4 Å². The summed E-state index contributed by atoms with van der Waals surface area (Å²) >= 11 is 0. The fraction of sp³-hybridized carbons (Fsp3) is 0.727. The molecule has 17 heavy (non-hydrogen) atoms. The summed E-state index contributed by atoms with van der Waals surface area (Å²) in [6, 6.07) is 0.396. The maximum absolute atomic E-state index is 11.7. The van der Waals surface area contributed by atoms with Gasteiger partial charge in [0.1, 0.15) is 13.1 Å². The van der Waals surface area contributed by atoms with Crippen molar-refractivity contribution in [2.24, 2.45) is 0 Å². The molecule has 1 saturated heterocycles. The summed E-state index contributed by atoms with van der Waals surface area (Å²) in [5.41, 5.74) is 0. The topological polar surface area (TPSA) is 78.5 Å². The first-order valence-corrected chi connectivity index (χ1v) is 5.83. The van der Waals surface area contributed by atoms with Crippen LogP contribution in [0.1, 0.15) is 26.7 Å². The van der Waals surface area contributed by atoms with Crippen LogP contribution in [0.15, 0.2) is 0 Å². The Morgan fingerprint density at radius 3 is 2.47 bits per heavy atom. The number of carbonyl (C=O) groups is 3. The first kappa shape index (κ1) is 13.6. The number of imide groups is 1. The van der Waals surface area contributed by atoms with Gasteiger partial charge in [-0.3, -0.25) is 19.7 Å². The van der Waals surface area contributed by atoms with E-state index in [4.69, 9.17) is 0 Å². The molecule has 0 saturated carbocycles. The normalized spacial score (nSPS) is 16.3. The molecular formula is C11H19N3O3. The number of piperazine rings is 1. The van der Waals surface area contributed by atoms with Gasteiger partial charge in [0.25, 0.3) is 0 Å². The van der Waals surface area contributed by atoms with Gasteiger partial charge in [-0.1, -0.05) is 13.8 Å². The molecule has 0 spiro atoms. The summed E-state index contributed by atoms with van der Waals surface area (Å²) in [5, 5.41) is 5.37. The van der Waals surface area contributed by atoms with Crippen LogP contribution in [0, 0.1) is 0 Å². The van der Waals surface area contributed by atoms with Crippen LogP contribution < -0.4 is 10.6 Å². The number of hydrogen-bond donors (Lipinski definition) is 2. The monoisotopic (exact) mass is 241 g/mol. The molecule has 6 heteroatoms. The maximum Gasteiger partial charge on any atom is 0.246 e. The van der Waals surface area contributed by atoms with Crippen LogP contribution in [0.4, 0.5) is 0 Å². The molecule has 0 aromatic heterocycles. The molecular weight excluding hydrogens is 222 g/mol. The number of hydrogen-bond acceptors (Lipinski definition) is 4. The van der Waals surface area contributed by atoms with Crippen molar-refractivity contribution in [3.05, 3.63) is 0 Å². The number of nitrogens with zero attached hydrogens (tertiary/aromatic N) is 1. The molecule has 0 atom stereocenters. The molecule has 0 aromatic carbocycles. The number of rotatable bonds is 5. The Kier molecular flexibility index (Phi) is 5.09. The van der Waals surface area contributed by atoms with E-state index in [1.165, 1.54) is 4.90 Å². The molecule has 0 aromatic rings. The molecule has 1 rings (SSSR count). The predicted molar refractivity (Wildman–Crippen MR) is 62.1 cm³/mol. The quantitative estimate of drug-likeness (QED) is 0.490. The minimum atomic E-state index is -0.407. The van der Waals surface area contributed by atoms with Crippen LogP contribution in [0.2, 0.25) is 0 Å². The lowest BCUT2D eigenvalue weighted by Gasteiger charge is -2.25. The zero-order chi connectivity index (χ0) is 12.8. The van der Waals surface area contributed by atoms with Gasteiger partial charge in [0, 0.05) is 12.5 Å². The molecule has 1 aliphatic rings. The van der Waals surface area contributed by atoms with E-state index in [1.807, 2.05) is 13.8 Å². The smallest absolute Gasteiger partial charge is 0.246 e. The van der Waals surface area contributed by atoms with Gasteiger partial charge in [-0.15, -0.1) is 0 Å². The molecule has 0 aliphatic carbocycles. The molecule has 1 heterocycles. The first-order valence-electron chi connectivity index (χ1n) is 5.83. The largest absolute Gasteiger partial charge is 0.324 e. The zero-order valence-electron chi connectivity index (χ0n) is 10.3. The fourth-order valence-corrected chi connectivity index (χ4v) is 1.60. The van der Waals surface area contributed by atoms with Crippen molar-refractivity contribution in [2.45, 2.75) is 32.7 Å². The summed E-state index contributed by atoms with van der Waals surface area (Å²) in [5.74, 6) is -0.955. The Morgan fingerprint density at radius 1 is 1.35 bits per heavy atom. The van der Waals surface area contributed by atoms with Gasteiger partial charge in [0.15, 0.2) is 0 Å². The highest BCUT2D eigenvalue weighted by Gasteiger charge is 2.25. The third kappa shape index (κ3) is 4.95. The molecule has 1 fully saturated rings.